The summed E-state index contributed by atoms with van der Waals surface area (Å²) in [7, 11) is 4.74. The second kappa shape index (κ2) is 26.2. The SMILES string of the molecule is CCC(C)(COc1cc2c(cc1OC)C(=O)N1C=C(c3ccc(NC(=O)[C@H](C)NC(=O)[C@@H](NC(=O)C(C)(C)CC(C)(C)N4C(=O)C=CC4=O)C(C)C)cc3)C[C@H]1C=N2)CC(C)(CC)COc1cc2c(cc1OC)C(=O)N1C=C(c3ccc(OC)cc3)C[C@H]1C=N2. The molecule has 0 spiro atoms. The Morgan fingerprint density at radius 1 is 0.600 bits per heavy atom. The summed E-state index contributed by atoms with van der Waals surface area (Å²) in [6.45, 7) is 21.3. The number of carbonyl (C=O) groups excluding carboxylic acids is 7. The van der Waals surface area contributed by atoms with Crippen molar-refractivity contribution in [1.29, 1.82) is 0 Å². The van der Waals surface area contributed by atoms with Crippen LogP contribution < -0.4 is 39.6 Å². The minimum atomic E-state index is -1.09. The summed E-state index contributed by atoms with van der Waals surface area (Å²) in [5.74, 6) is -0.557. The third-order valence-corrected chi connectivity index (χ3v) is 18.0. The molecular weight excluding hydrogens is 1140 g/mol. The van der Waals surface area contributed by atoms with Gasteiger partial charge in [0.05, 0.1) is 69.1 Å². The first-order valence-electron chi connectivity index (χ1n) is 30.7. The molecule has 5 aliphatic heterocycles. The molecule has 0 aromatic heterocycles. The van der Waals surface area contributed by atoms with Crippen molar-refractivity contribution in [2.24, 2.45) is 32.1 Å². The van der Waals surface area contributed by atoms with Gasteiger partial charge in [-0.05, 0) is 111 Å². The number of imide groups is 1. The van der Waals surface area contributed by atoms with Gasteiger partial charge in [0.25, 0.3) is 23.6 Å². The number of amides is 7. The number of nitrogens with zero attached hydrogens (tertiary/aromatic N) is 5. The van der Waals surface area contributed by atoms with Crippen molar-refractivity contribution in [1.82, 2.24) is 25.3 Å². The molecule has 20 nitrogen and oxygen atoms in total. The van der Waals surface area contributed by atoms with Crippen LogP contribution in [-0.2, 0) is 24.0 Å². The van der Waals surface area contributed by atoms with E-state index in [4.69, 9.17) is 33.7 Å². The van der Waals surface area contributed by atoms with E-state index in [0.29, 0.717) is 77.2 Å². The lowest BCUT2D eigenvalue weighted by Gasteiger charge is -2.40. The average molecular weight is 1230 g/mol. The highest BCUT2D eigenvalue weighted by atomic mass is 16.5. The van der Waals surface area contributed by atoms with Crippen LogP contribution >= 0.6 is 0 Å². The maximum atomic E-state index is 14.4. The number of aliphatic imine (C=N–C) groups is 2. The predicted octanol–water partition coefficient (Wildman–Crippen LogP) is 11.0. The zero-order valence-electron chi connectivity index (χ0n) is 54.1. The number of hydrogen-bond donors (Lipinski definition) is 3. The van der Waals surface area contributed by atoms with Gasteiger partial charge in [0.15, 0.2) is 23.0 Å². The number of benzene rings is 4. The number of hydrogen-bond acceptors (Lipinski definition) is 14. The van der Waals surface area contributed by atoms with Crippen LogP contribution in [0, 0.1) is 22.2 Å². The normalized spacial score (nSPS) is 18.9. The summed E-state index contributed by atoms with van der Waals surface area (Å²) in [6, 6.07) is 19.4. The molecule has 0 aliphatic carbocycles. The molecule has 476 valence electrons. The minimum Gasteiger partial charge on any atom is -0.497 e. The van der Waals surface area contributed by atoms with Crippen LogP contribution in [-0.4, -0.2) is 133 Å². The number of anilines is 1. The lowest BCUT2D eigenvalue weighted by molar-refractivity contribution is -0.146. The zero-order chi connectivity index (χ0) is 65.2. The lowest BCUT2D eigenvalue weighted by Crippen LogP contribution is -2.57. The zero-order valence-corrected chi connectivity index (χ0v) is 54.1. The van der Waals surface area contributed by atoms with E-state index >= 15 is 0 Å². The maximum Gasteiger partial charge on any atom is 0.260 e. The maximum absolute atomic E-state index is 14.4. The third kappa shape index (κ3) is 13.9. The van der Waals surface area contributed by atoms with Crippen LogP contribution in [0.2, 0.25) is 0 Å². The summed E-state index contributed by atoms with van der Waals surface area (Å²) in [4.78, 5) is 108. The first kappa shape index (κ1) is 65.4. The molecule has 0 fully saturated rings. The molecule has 5 heterocycles. The largest absolute Gasteiger partial charge is 0.497 e. The van der Waals surface area contributed by atoms with E-state index in [1.54, 1.807) is 122 Å². The summed E-state index contributed by atoms with van der Waals surface area (Å²) in [5, 5.41) is 8.44. The van der Waals surface area contributed by atoms with Crippen molar-refractivity contribution in [3.05, 3.63) is 120 Å². The Bertz CT molecular complexity index is 3620. The number of nitrogens with one attached hydrogen (secondary N) is 3. The molecule has 4 aromatic rings. The van der Waals surface area contributed by atoms with Crippen molar-refractivity contribution in [2.45, 2.75) is 144 Å². The molecular formula is C70H84N8O12. The highest BCUT2D eigenvalue weighted by Crippen LogP contribution is 2.46. The first-order valence-corrected chi connectivity index (χ1v) is 30.7. The van der Waals surface area contributed by atoms with Gasteiger partial charge in [0.2, 0.25) is 17.7 Å². The third-order valence-electron chi connectivity index (χ3n) is 18.0. The Morgan fingerprint density at radius 3 is 1.50 bits per heavy atom. The first-order chi connectivity index (χ1) is 42.6. The summed E-state index contributed by atoms with van der Waals surface area (Å²) in [5.41, 5.74) is 3.32. The van der Waals surface area contributed by atoms with Gasteiger partial charge in [-0.15, -0.1) is 0 Å². The van der Waals surface area contributed by atoms with Crippen LogP contribution in [0.15, 0.2) is 107 Å². The highest BCUT2D eigenvalue weighted by Gasteiger charge is 2.45. The molecule has 9 rings (SSSR count). The van der Waals surface area contributed by atoms with Gasteiger partial charge in [-0.1, -0.05) is 79.7 Å². The van der Waals surface area contributed by atoms with Crippen molar-refractivity contribution in [2.75, 3.05) is 39.9 Å². The van der Waals surface area contributed by atoms with Gasteiger partial charge in [-0.2, -0.15) is 0 Å². The van der Waals surface area contributed by atoms with Crippen molar-refractivity contribution < 1.29 is 57.2 Å². The summed E-state index contributed by atoms with van der Waals surface area (Å²) < 4.78 is 30.3. The van der Waals surface area contributed by atoms with Crippen LogP contribution in [0.4, 0.5) is 17.1 Å². The molecule has 0 saturated carbocycles. The van der Waals surface area contributed by atoms with Gasteiger partial charge in [-0.25, -0.2) is 0 Å². The molecule has 7 amide bonds. The molecule has 2 unspecified atom stereocenters. The van der Waals surface area contributed by atoms with Crippen LogP contribution in [0.3, 0.4) is 0 Å². The van der Waals surface area contributed by atoms with E-state index in [-0.39, 0.29) is 47.1 Å². The fraction of sp³-hybridized carbons (Fsp3) is 0.443. The van der Waals surface area contributed by atoms with E-state index in [9.17, 15) is 33.6 Å². The molecule has 90 heavy (non-hydrogen) atoms. The van der Waals surface area contributed by atoms with E-state index in [1.807, 2.05) is 55.0 Å². The number of carbonyl (C=O) groups is 7. The van der Waals surface area contributed by atoms with E-state index in [0.717, 1.165) is 52.2 Å². The molecule has 6 atom stereocenters. The Hall–Kier alpha value is -9.07. The number of ether oxygens (including phenoxy) is 5. The summed E-state index contributed by atoms with van der Waals surface area (Å²) in [6.07, 6.45) is 13.3. The molecule has 3 N–H and O–H groups in total. The van der Waals surface area contributed by atoms with Crippen LogP contribution in [0.5, 0.6) is 28.7 Å². The van der Waals surface area contributed by atoms with Crippen LogP contribution in [0.1, 0.15) is 147 Å². The quantitative estimate of drug-likeness (QED) is 0.0526. The van der Waals surface area contributed by atoms with Crippen molar-refractivity contribution in [3.8, 4) is 28.7 Å². The molecule has 0 radical (unpaired) electrons. The van der Waals surface area contributed by atoms with E-state index < -0.39 is 52.6 Å². The Morgan fingerprint density at radius 2 is 1.07 bits per heavy atom. The lowest BCUT2D eigenvalue weighted by atomic mass is 9.71. The van der Waals surface area contributed by atoms with Crippen molar-refractivity contribution in [3.63, 3.8) is 0 Å². The number of methoxy groups -OCH3 is 3. The molecule has 4 aromatic carbocycles. The molecule has 0 saturated heterocycles. The topological polar surface area (TPSA) is 236 Å². The summed E-state index contributed by atoms with van der Waals surface area (Å²) >= 11 is 0. The number of rotatable bonds is 25. The second-order valence-electron chi connectivity index (χ2n) is 26.4. The monoisotopic (exact) mass is 1230 g/mol. The molecule has 5 aliphatic rings. The molecule has 20 heteroatoms. The van der Waals surface area contributed by atoms with Crippen molar-refractivity contribution >= 4 is 82.0 Å². The fourth-order valence-electron chi connectivity index (χ4n) is 12.5. The smallest absolute Gasteiger partial charge is 0.260 e. The Balaban J connectivity index is 0.790. The minimum absolute atomic E-state index is 0.133. The van der Waals surface area contributed by atoms with E-state index in [1.165, 1.54) is 12.2 Å². The van der Waals surface area contributed by atoms with Gasteiger partial charge >= 0.3 is 0 Å². The Labute approximate surface area is 527 Å². The van der Waals surface area contributed by atoms with Crippen LogP contribution in [0.25, 0.3) is 11.1 Å². The number of fused-ring (bicyclic) bond motifs is 4. The van der Waals surface area contributed by atoms with Gasteiger partial charge in [0.1, 0.15) is 17.8 Å². The van der Waals surface area contributed by atoms with Gasteiger partial charge < -0.3 is 49.4 Å². The van der Waals surface area contributed by atoms with Gasteiger partial charge in [0, 0.05) is 89.4 Å². The Kier molecular flexibility index (Phi) is 19.0. The molecule has 0 bridgehead atoms. The predicted molar refractivity (Wildman–Crippen MR) is 346 cm³/mol. The van der Waals surface area contributed by atoms with Gasteiger partial charge in [-0.3, -0.25) is 48.4 Å². The second-order valence-corrected chi connectivity index (χ2v) is 26.4. The van der Waals surface area contributed by atoms with E-state index in [2.05, 4.69) is 43.6 Å². The fourth-order valence-corrected chi connectivity index (χ4v) is 12.5. The highest BCUT2D eigenvalue weighted by molar-refractivity contribution is 6.13. The average Bonchev–Trinajstić information content (AvgIpc) is 1.60. The standard InChI is InChI=1S/C70H84N8O12/c1-15-69(10,38-70(11,16-2)40-90-58-32-54-52(30-56(58)88-14)65(84)77-36-46(28-49(77)34-72-54)44-19-23-50(86-12)24-20-44)39-89-57-31-53-51(29-55(57)87-13)64(83)76-35-45(27-48(76)33-71-53)43-17-21-47(22-18-43)74-62(81)42(5)73-63(82)61(41(3)4)75-66(85)67(6,7)37-68(8,9)78-59(79)25-26-60(78)80/h17-26,29-36,41-42,48-49,61H,15-16,27-28,37-40H2,1-14H3,(H,73,82)(H,74,81)(H,75,85)/t42-,48-,49-,61-,69?,70?/m0/s1.